The van der Waals surface area contributed by atoms with Gasteiger partial charge >= 0.3 is 0 Å². The van der Waals surface area contributed by atoms with Crippen LogP contribution in [0.5, 0.6) is 0 Å². The number of guanidine groups is 1. The summed E-state index contributed by atoms with van der Waals surface area (Å²) in [5.41, 5.74) is 0. The summed E-state index contributed by atoms with van der Waals surface area (Å²) >= 11 is 0. The lowest BCUT2D eigenvalue weighted by atomic mass is 10.3. The zero-order valence-electron chi connectivity index (χ0n) is 14.8. The van der Waals surface area contributed by atoms with E-state index >= 15 is 0 Å². The molecule has 1 amide bonds. The fourth-order valence-electron chi connectivity index (χ4n) is 2.50. The van der Waals surface area contributed by atoms with E-state index in [9.17, 15) is 4.79 Å². The Hall–Kier alpha value is -1.65. The highest BCUT2D eigenvalue weighted by molar-refractivity contribution is 14.0. The van der Waals surface area contributed by atoms with Crippen molar-refractivity contribution in [2.24, 2.45) is 4.99 Å². The van der Waals surface area contributed by atoms with Gasteiger partial charge in [-0.15, -0.1) is 24.0 Å². The summed E-state index contributed by atoms with van der Waals surface area (Å²) in [6.45, 7) is 3.55. The molecule has 0 unspecified atom stereocenters. The second kappa shape index (κ2) is 9.16. The quantitative estimate of drug-likeness (QED) is 0.400. The van der Waals surface area contributed by atoms with Crippen LogP contribution in [0.1, 0.15) is 12.8 Å². The monoisotopic (exact) mass is 459 g/mol. The summed E-state index contributed by atoms with van der Waals surface area (Å²) in [5.74, 6) is 1.64. The summed E-state index contributed by atoms with van der Waals surface area (Å²) in [7, 11) is 3.51. The summed E-state index contributed by atoms with van der Waals surface area (Å²) in [4.78, 5) is 30.9. The molecule has 1 aromatic heterocycles. The Labute approximate surface area is 165 Å². The topological polar surface area (TPSA) is 77.0 Å². The van der Waals surface area contributed by atoms with E-state index in [-0.39, 0.29) is 36.4 Å². The van der Waals surface area contributed by atoms with Gasteiger partial charge < -0.3 is 20.0 Å². The van der Waals surface area contributed by atoms with Crippen molar-refractivity contribution in [1.82, 2.24) is 25.1 Å². The third kappa shape index (κ3) is 5.68. The van der Waals surface area contributed by atoms with Gasteiger partial charge in [0.2, 0.25) is 11.9 Å². The number of halogens is 1. The summed E-state index contributed by atoms with van der Waals surface area (Å²) in [6.07, 6.45) is 5.89. The molecule has 0 aromatic carbocycles. The van der Waals surface area contributed by atoms with E-state index in [2.05, 4.69) is 30.1 Å². The van der Waals surface area contributed by atoms with E-state index in [1.54, 1.807) is 31.4 Å². The number of rotatable bonds is 4. The smallest absolute Gasteiger partial charge is 0.243 e. The number of nitrogens with one attached hydrogen (secondary N) is 1. The number of aromatic nitrogens is 2. The molecule has 2 heterocycles. The maximum atomic E-state index is 11.8. The van der Waals surface area contributed by atoms with Crippen LogP contribution in [0.25, 0.3) is 0 Å². The molecule has 3 rings (SSSR count). The van der Waals surface area contributed by atoms with Gasteiger partial charge in [0.05, 0.1) is 0 Å². The van der Waals surface area contributed by atoms with Crippen molar-refractivity contribution >= 4 is 41.8 Å². The van der Waals surface area contributed by atoms with E-state index in [0.29, 0.717) is 6.04 Å². The van der Waals surface area contributed by atoms with Crippen molar-refractivity contribution < 1.29 is 4.79 Å². The molecule has 138 valence electrons. The number of amides is 1. The van der Waals surface area contributed by atoms with Crippen molar-refractivity contribution in [3.05, 3.63) is 18.5 Å². The van der Waals surface area contributed by atoms with Crippen LogP contribution in [0, 0.1) is 0 Å². The molecule has 2 fully saturated rings. The van der Waals surface area contributed by atoms with Gasteiger partial charge in [0.1, 0.15) is 6.54 Å². The van der Waals surface area contributed by atoms with E-state index < -0.39 is 0 Å². The number of nitrogens with zero attached hydrogens (tertiary/aromatic N) is 6. The van der Waals surface area contributed by atoms with Crippen molar-refractivity contribution in [3.63, 3.8) is 0 Å². The number of anilines is 1. The minimum absolute atomic E-state index is 0. The number of aliphatic imine (C=N–C) groups is 1. The van der Waals surface area contributed by atoms with E-state index in [1.165, 1.54) is 12.8 Å². The molecule has 1 aromatic rings. The van der Waals surface area contributed by atoms with E-state index in [1.807, 2.05) is 6.07 Å². The highest BCUT2D eigenvalue weighted by Gasteiger charge is 2.27. The number of likely N-dealkylation sites (N-methyl/N-ethyl adjacent to an activating group) is 1. The molecule has 0 spiro atoms. The van der Waals surface area contributed by atoms with E-state index in [4.69, 9.17) is 0 Å². The minimum atomic E-state index is 0. The van der Waals surface area contributed by atoms with Crippen molar-refractivity contribution in [3.8, 4) is 0 Å². The first-order valence-corrected chi connectivity index (χ1v) is 8.41. The predicted octanol–water partition coefficient (Wildman–Crippen LogP) is 0.413. The van der Waals surface area contributed by atoms with Crippen LogP contribution in [-0.4, -0.2) is 84.5 Å². The number of carbonyl (C=O) groups is 1. The molecule has 1 aliphatic carbocycles. The average molecular weight is 459 g/mol. The molecule has 25 heavy (non-hydrogen) atoms. The third-order valence-corrected chi connectivity index (χ3v) is 4.19. The molecule has 1 aliphatic heterocycles. The predicted molar refractivity (Wildman–Crippen MR) is 108 cm³/mol. The van der Waals surface area contributed by atoms with Gasteiger partial charge in [0, 0.05) is 58.7 Å². The normalized spacial score (nSPS) is 17.8. The molecule has 0 bridgehead atoms. The number of carbonyl (C=O) groups excluding carboxylic acids is 1. The number of hydrogen-bond donors (Lipinski definition) is 1. The zero-order valence-corrected chi connectivity index (χ0v) is 17.1. The highest BCUT2D eigenvalue weighted by atomic mass is 127. The Kier molecular flexibility index (Phi) is 7.21. The number of hydrogen-bond acceptors (Lipinski definition) is 5. The van der Waals surface area contributed by atoms with Crippen molar-refractivity contribution in [2.75, 3.05) is 51.7 Å². The van der Waals surface area contributed by atoms with Gasteiger partial charge in [-0.05, 0) is 18.9 Å². The molecule has 1 saturated carbocycles. The lowest BCUT2D eigenvalue weighted by molar-refractivity contribution is -0.127. The Morgan fingerprint density at radius 1 is 1.24 bits per heavy atom. The van der Waals surface area contributed by atoms with Crippen LogP contribution >= 0.6 is 24.0 Å². The van der Waals surface area contributed by atoms with Crippen LogP contribution in [-0.2, 0) is 4.79 Å². The highest BCUT2D eigenvalue weighted by Crippen LogP contribution is 2.19. The molecule has 8 nitrogen and oxygen atoms in total. The second-order valence-electron chi connectivity index (χ2n) is 6.37. The maximum absolute atomic E-state index is 11.8. The van der Waals surface area contributed by atoms with Crippen LogP contribution in [0.4, 0.5) is 5.95 Å². The fraction of sp³-hybridized carbons (Fsp3) is 0.625. The van der Waals surface area contributed by atoms with Gasteiger partial charge in [-0.25, -0.2) is 15.0 Å². The molecule has 2 aliphatic rings. The molecule has 1 N–H and O–H groups in total. The van der Waals surface area contributed by atoms with Crippen molar-refractivity contribution in [1.29, 1.82) is 0 Å². The SMILES string of the molecule is CN(C)C(=O)CN=C(NC1CC1)N1CCN(c2ncccn2)CC1.I. The van der Waals surface area contributed by atoms with Gasteiger partial charge in [0.15, 0.2) is 5.96 Å². The maximum Gasteiger partial charge on any atom is 0.243 e. The second-order valence-corrected chi connectivity index (χ2v) is 6.37. The first kappa shape index (κ1) is 19.7. The summed E-state index contributed by atoms with van der Waals surface area (Å²) in [6, 6.07) is 2.33. The van der Waals surface area contributed by atoms with Crippen LogP contribution in [0.15, 0.2) is 23.5 Å². The largest absolute Gasteiger partial charge is 0.353 e. The molecule has 0 atom stereocenters. The lowest BCUT2D eigenvalue weighted by Gasteiger charge is -2.36. The van der Waals surface area contributed by atoms with Crippen molar-refractivity contribution in [2.45, 2.75) is 18.9 Å². The van der Waals surface area contributed by atoms with Crippen LogP contribution in [0.3, 0.4) is 0 Å². The Bertz CT molecular complexity index is 583. The summed E-state index contributed by atoms with van der Waals surface area (Å²) in [5, 5.41) is 3.46. The first-order chi connectivity index (χ1) is 11.6. The molecular weight excluding hydrogens is 433 g/mol. The fourth-order valence-corrected chi connectivity index (χ4v) is 2.50. The molecule has 0 radical (unpaired) electrons. The third-order valence-electron chi connectivity index (χ3n) is 4.19. The number of piperazine rings is 1. The van der Waals surface area contributed by atoms with Gasteiger partial charge in [0.25, 0.3) is 0 Å². The van der Waals surface area contributed by atoms with E-state index in [0.717, 1.165) is 38.1 Å². The van der Waals surface area contributed by atoms with Gasteiger partial charge in [-0.1, -0.05) is 0 Å². The summed E-state index contributed by atoms with van der Waals surface area (Å²) < 4.78 is 0. The van der Waals surface area contributed by atoms with Crippen LogP contribution < -0.4 is 10.2 Å². The lowest BCUT2D eigenvalue weighted by Crippen LogP contribution is -2.53. The average Bonchev–Trinajstić information content (AvgIpc) is 3.43. The first-order valence-electron chi connectivity index (χ1n) is 8.41. The van der Waals surface area contributed by atoms with Crippen LogP contribution in [0.2, 0.25) is 0 Å². The Balaban J connectivity index is 0.00000225. The Morgan fingerprint density at radius 2 is 1.88 bits per heavy atom. The molecule has 1 saturated heterocycles. The molecule has 9 heteroatoms. The minimum Gasteiger partial charge on any atom is -0.353 e. The standard InChI is InChI=1S/C16H25N7O.HI/c1-21(2)14(24)12-19-16(20-13-4-5-13)23-10-8-22(9-11-23)15-17-6-3-7-18-15;/h3,6-7,13H,4-5,8-12H2,1-2H3,(H,19,20);1H. The van der Waals surface area contributed by atoms with Gasteiger partial charge in [-0.3, -0.25) is 4.79 Å². The zero-order chi connectivity index (χ0) is 16.9. The Morgan fingerprint density at radius 3 is 2.44 bits per heavy atom. The van der Waals surface area contributed by atoms with Gasteiger partial charge in [-0.2, -0.15) is 0 Å². The molecular formula is C16H26IN7O.